The van der Waals surface area contributed by atoms with Gasteiger partial charge in [-0.15, -0.1) is 0 Å². The third-order valence-electron chi connectivity index (χ3n) is 3.66. The third kappa shape index (κ3) is 3.14. The van der Waals surface area contributed by atoms with Crippen LogP contribution >= 0.6 is 0 Å². The van der Waals surface area contributed by atoms with E-state index in [0.717, 1.165) is 19.6 Å². The van der Waals surface area contributed by atoms with Crippen molar-refractivity contribution in [3.63, 3.8) is 0 Å². The summed E-state index contributed by atoms with van der Waals surface area (Å²) in [6.07, 6.45) is 0. The van der Waals surface area contributed by atoms with Crippen LogP contribution in [0.25, 0.3) is 0 Å². The highest BCUT2D eigenvalue weighted by Crippen LogP contribution is 2.20. The Morgan fingerprint density at radius 3 is 2.48 bits per heavy atom. The number of aromatic nitrogens is 3. The molecule has 9 heteroatoms. The van der Waals surface area contributed by atoms with Crippen molar-refractivity contribution >= 4 is 17.8 Å². The van der Waals surface area contributed by atoms with E-state index in [4.69, 9.17) is 15.3 Å². The Morgan fingerprint density at radius 1 is 1.05 bits per heavy atom. The van der Waals surface area contributed by atoms with E-state index in [1.807, 2.05) is 0 Å². The van der Waals surface area contributed by atoms with Gasteiger partial charge in [-0.05, 0) is 6.92 Å². The van der Waals surface area contributed by atoms with E-state index >= 15 is 0 Å². The molecule has 0 aliphatic carbocycles. The number of morpholine rings is 2. The maximum Gasteiger partial charge on any atom is 0.243 e. The van der Waals surface area contributed by atoms with Gasteiger partial charge in [0.25, 0.3) is 0 Å². The van der Waals surface area contributed by atoms with E-state index < -0.39 is 0 Å². The first kappa shape index (κ1) is 14.2. The predicted molar refractivity (Wildman–Crippen MR) is 78.3 cm³/mol. The van der Waals surface area contributed by atoms with Gasteiger partial charge in [-0.2, -0.15) is 15.0 Å². The smallest absolute Gasteiger partial charge is 0.243 e. The van der Waals surface area contributed by atoms with Crippen molar-refractivity contribution in [1.82, 2.24) is 15.0 Å². The monoisotopic (exact) mass is 295 g/mol. The predicted octanol–water partition coefficient (Wildman–Crippen LogP) is -0.781. The molecule has 21 heavy (non-hydrogen) atoms. The van der Waals surface area contributed by atoms with Crippen LogP contribution in [0, 0.1) is 0 Å². The quantitative estimate of drug-likeness (QED) is 0.549. The molecule has 3 rings (SSSR count). The molecule has 1 aromatic rings. The van der Waals surface area contributed by atoms with Gasteiger partial charge in [0.2, 0.25) is 17.8 Å². The molecule has 1 aromatic heterocycles. The maximum atomic E-state index is 5.49. The molecule has 0 spiro atoms. The van der Waals surface area contributed by atoms with Crippen molar-refractivity contribution in [2.24, 2.45) is 5.84 Å². The lowest BCUT2D eigenvalue weighted by atomic mass is 10.3. The Hall–Kier alpha value is -1.71. The normalized spacial score (nSPS) is 23.2. The molecule has 0 aromatic carbocycles. The molecular formula is C12H21N7O2. The number of hydrogen-bond acceptors (Lipinski definition) is 9. The summed E-state index contributed by atoms with van der Waals surface area (Å²) in [4.78, 5) is 17.5. The Balaban J connectivity index is 1.88. The summed E-state index contributed by atoms with van der Waals surface area (Å²) in [6.45, 7) is 7.10. The standard InChI is InChI=1S/C12H21N7O2/c1-9-8-21-7-4-19(9)12-15-10(17-13)14-11(16-12)18-2-5-20-6-3-18/h9H,2-8,13H2,1H3,(H,14,15,16,17). The number of hydrazine groups is 1. The number of anilines is 3. The molecule has 1 unspecified atom stereocenters. The van der Waals surface area contributed by atoms with Crippen molar-refractivity contribution < 1.29 is 9.47 Å². The zero-order valence-electron chi connectivity index (χ0n) is 12.2. The first-order valence-corrected chi connectivity index (χ1v) is 7.17. The van der Waals surface area contributed by atoms with Crippen molar-refractivity contribution in [2.75, 3.05) is 61.3 Å². The van der Waals surface area contributed by atoms with Crippen LogP contribution in [-0.2, 0) is 9.47 Å². The molecule has 2 aliphatic rings. The van der Waals surface area contributed by atoms with Gasteiger partial charge >= 0.3 is 0 Å². The van der Waals surface area contributed by atoms with E-state index in [1.54, 1.807) is 0 Å². The minimum Gasteiger partial charge on any atom is -0.378 e. The molecule has 3 N–H and O–H groups in total. The van der Waals surface area contributed by atoms with Crippen LogP contribution < -0.4 is 21.1 Å². The zero-order chi connectivity index (χ0) is 14.7. The van der Waals surface area contributed by atoms with E-state index in [0.29, 0.717) is 44.3 Å². The first-order chi connectivity index (χ1) is 10.3. The Bertz CT molecular complexity index is 481. The Labute approximate surface area is 123 Å². The van der Waals surface area contributed by atoms with Gasteiger partial charge in [-0.3, -0.25) is 5.43 Å². The number of ether oxygens (including phenoxy) is 2. The summed E-state index contributed by atoms with van der Waals surface area (Å²) in [5, 5.41) is 0. The van der Waals surface area contributed by atoms with Crippen LogP contribution in [0.5, 0.6) is 0 Å². The lowest BCUT2D eigenvalue weighted by Crippen LogP contribution is -2.45. The average Bonchev–Trinajstić information content (AvgIpc) is 2.55. The second kappa shape index (κ2) is 6.37. The van der Waals surface area contributed by atoms with Crippen molar-refractivity contribution in [1.29, 1.82) is 0 Å². The second-order valence-corrected chi connectivity index (χ2v) is 5.12. The maximum absolute atomic E-state index is 5.49. The van der Waals surface area contributed by atoms with Crippen LogP contribution in [0.1, 0.15) is 6.92 Å². The van der Waals surface area contributed by atoms with Crippen LogP contribution in [0.15, 0.2) is 0 Å². The number of nitrogen functional groups attached to an aromatic ring is 1. The molecule has 1 atom stereocenters. The second-order valence-electron chi connectivity index (χ2n) is 5.12. The minimum absolute atomic E-state index is 0.226. The number of nitrogens with zero attached hydrogens (tertiary/aromatic N) is 5. The lowest BCUT2D eigenvalue weighted by Gasteiger charge is -2.34. The van der Waals surface area contributed by atoms with Crippen LogP contribution in [0.3, 0.4) is 0 Å². The summed E-state index contributed by atoms with van der Waals surface area (Å²) in [5.41, 5.74) is 2.52. The van der Waals surface area contributed by atoms with E-state index in [1.165, 1.54) is 0 Å². The summed E-state index contributed by atoms with van der Waals surface area (Å²) in [6, 6.07) is 0.226. The average molecular weight is 295 g/mol. The topological polar surface area (TPSA) is 102 Å². The molecule has 116 valence electrons. The SMILES string of the molecule is CC1COCCN1c1nc(NN)nc(N2CCOCC2)n1. The minimum atomic E-state index is 0.226. The fourth-order valence-electron chi connectivity index (χ4n) is 2.48. The molecule has 3 heterocycles. The summed E-state index contributed by atoms with van der Waals surface area (Å²) < 4.78 is 10.8. The molecule has 0 amide bonds. The van der Waals surface area contributed by atoms with Gasteiger partial charge in [0.05, 0.1) is 32.5 Å². The van der Waals surface area contributed by atoms with Crippen molar-refractivity contribution in [3.05, 3.63) is 0 Å². The molecule has 2 saturated heterocycles. The molecule has 0 bridgehead atoms. The highest BCUT2D eigenvalue weighted by Gasteiger charge is 2.24. The van der Waals surface area contributed by atoms with Gasteiger partial charge in [-0.1, -0.05) is 0 Å². The van der Waals surface area contributed by atoms with Crippen LogP contribution in [0.2, 0.25) is 0 Å². The third-order valence-corrected chi connectivity index (χ3v) is 3.66. The summed E-state index contributed by atoms with van der Waals surface area (Å²) >= 11 is 0. The molecular weight excluding hydrogens is 274 g/mol. The van der Waals surface area contributed by atoms with Gasteiger partial charge in [0, 0.05) is 19.6 Å². The Kier molecular flexibility index (Phi) is 4.32. The number of rotatable bonds is 3. The van der Waals surface area contributed by atoms with E-state index in [2.05, 4.69) is 37.1 Å². The van der Waals surface area contributed by atoms with Crippen LogP contribution in [0.4, 0.5) is 17.8 Å². The van der Waals surface area contributed by atoms with Gasteiger partial charge < -0.3 is 19.3 Å². The molecule has 0 radical (unpaired) electrons. The lowest BCUT2D eigenvalue weighted by molar-refractivity contribution is 0.0980. The van der Waals surface area contributed by atoms with Crippen LogP contribution in [-0.4, -0.2) is 67.1 Å². The molecule has 2 fully saturated rings. The molecule has 9 nitrogen and oxygen atoms in total. The summed E-state index contributed by atoms with van der Waals surface area (Å²) in [5.74, 6) is 7.14. The molecule has 0 saturated carbocycles. The zero-order valence-corrected chi connectivity index (χ0v) is 12.2. The van der Waals surface area contributed by atoms with E-state index in [-0.39, 0.29) is 6.04 Å². The van der Waals surface area contributed by atoms with Gasteiger partial charge in [-0.25, -0.2) is 5.84 Å². The largest absolute Gasteiger partial charge is 0.378 e. The van der Waals surface area contributed by atoms with Crippen molar-refractivity contribution in [3.8, 4) is 0 Å². The highest BCUT2D eigenvalue weighted by atomic mass is 16.5. The van der Waals surface area contributed by atoms with Gasteiger partial charge in [0.1, 0.15) is 0 Å². The number of nitrogens with one attached hydrogen (secondary N) is 1. The van der Waals surface area contributed by atoms with Gasteiger partial charge in [0.15, 0.2) is 0 Å². The highest BCUT2D eigenvalue weighted by molar-refractivity contribution is 5.45. The van der Waals surface area contributed by atoms with E-state index in [9.17, 15) is 0 Å². The molecule has 2 aliphatic heterocycles. The number of hydrogen-bond donors (Lipinski definition) is 2. The number of nitrogens with two attached hydrogens (primary N) is 1. The fourth-order valence-corrected chi connectivity index (χ4v) is 2.48. The fraction of sp³-hybridized carbons (Fsp3) is 0.750. The first-order valence-electron chi connectivity index (χ1n) is 7.17. The summed E-state index contributed by atoms with van der Waals surface area (Å²) in [7, 11) is 0. The Morgan fingerprint density at radius 2 is 1.76 bits per heavy atom. The van der Waals surface area contributed by atoms with Crippen molar-refractivity contribution in [2.45, 2.75) is 13.0 Å².